The third kappa shape index (κ3) is 3.88. The number of ether oxygens (including phenoxy) is 2. The van der Waals surface area contributed by atoms with E-state index in [-0.39, 0.29) is 12.2 Å². The molecule has 0 saturated heterocycles. The topological polar surface area (TPSA) is 111 Å². The number of rotatable bonds is 4. The van der Waals surface area contributed by atoms with Gasteiger partial charge in [0.1, 0.15) is 0 Å². The van der Waals surface area contributed by atoms with Crippen LogP contribution in [0.15, 0.2) is 36.0 Å². The fraction of sp³-hybridized carbons (Fsp3) is 0.286. The van der Waals surface area contributed by atoms with E-state index in [2.05, 4.69) is 14.2 Å². The first-order chi connectivity index (χ1) is 10.9. The molecule has 0 bridgehead atoms. The Morgan fingerprint density at radius 2 is 1.83 bits per heavy atom. The van der Waals surface area contributed by atoms with Crippen molar-refractivity contribution in [1.29, 1.82) is 0 Å². The largest absolute Gasteiger partial charge is 0.465 e. The van der Waals surface area contributed by atoms with Crippen LogP contribution >= 0.6 is 0 Å². The van der Waals surface area contributed by atoms with Gasteiger partial charge in [0, 0.05) is 6.20 Å². The highest BCUT2D eigenvalue weighted by atomic mass is 32.2. The van der Waals surface area contributed by atoms with Gasteiger partial charge in [-0.3, -0.25) is 4.72 Å². The lowest BCUT2D eigenvalue weighted by Crippen LogP contribution is -2.43. The van der Waals surface area contributed by atoms with Crippen molar-refractivity contribution in [2.75, 3.05) is 13.7 Å². The Morgan fingerprint density at radius 3 is 2.39 bits per heavy atom. The molecule has 1 atom stereocenters. The molecule has 23 heavy (non-hydrogen) atoms. The first kappa shape index (κ1) is 17.0. The third-order valence-electron chi connectivity index (χ3n) is 3.13. The molecule has 124 valence electrons. The molecular weight excluding hydrogens is 324 g/mol. The van der Waals surface area contributed by atoms with Crippen molar-refractivity contribution in [1.82, 2.24) is 9.44 Å². The molecule has 2 rings (SSSR count). The highest BCUT2D eigenvalue weighted by molar-refractivity contribution is 7.87. The van der Waals surface area contributed by atoms with Gasteiger partial charge < -0.3 is 9.47 Å². The first-order valence-electron chi connectivity index (χ1n) is 6.73. The molecule has 0 amide bonds. The fourth-order valence-corrected chi connectivity index (χ4v) is 2.97. The van der Waals surface area contributed by atoms with E-state index < -0.39 is 28.2 Å². The van der Waals surface area contributed by atoms with E-state index in [1.54, 1.807) is 6.92 Å². The van der Waals surface area contributed by atoms with Gasteiger partial charge in [0.05, 0.1) is 30.9 Å². The molecule has 1 aromatic carbocycles. The minimum atomic E-state index is -3.77. The molecule has 0 fully saturated rings. The normalized spacial score (nSPS) is 19.2. The zero-order valence-electron chi connectivity index (χ0n) is 12.5. The van der Waals surface area contributed by atoms with Crippen molar-refractivity contribution in [2.45, 2.75) is 13.0 Å². The van der Waals surface area contributed by atoms with Crippen LogP contribution in [0.1, 0.15) is 28.9 Å². The smallest absolute Gasteiger partial charge is 0.337 e. The Kier molecular flexibility index (Phi) is 5.02. The van der Waals surface area contributed by atoms with Crippen molar-refractivity contribution in [3.05, 3.63) is 47.2 Å². The molecule has 1 aliphatic rings. The number of hydrogen-bond acceptors (Lipinski definition) is 6. The van der Waals surface area contributed by atoms with Gasteiger partial charge in [-0.25, -0.2) is 9.59 Å². The maximum atomic E-state index is 12.0. The molecule has 9 heteroatoms. The predicted molar refractivity (Wildman–Crippen MR) is 80.4 cm³/mol. The second-order valence-corrected chi connectivity index (χ2v) is 6.08. The van der Waals surface area contributed by atoms with Crippen LogP contribution in [0, 0.1) is 0 Å². The molecule has 1 aromatic rings. The summed E-state index contributed by atoms with van der Waals surface area (Å²) in [5.74, 6) is -1.15. The Bertz CT molecular complexity index is 739. The number of carbonyl (C=O) groups excluding carboxylic acids is 2. The average molecular weight is 340 g/mol. The summed E-state index contributed by atoms with van der Waals surface area (Å²) in [6.07, 6.45) is 1.10. The number of hydrogen-bond donors (Lipinski definition) is 2. The molecule has 1 heterocycles. The summed E-state index contributed by atoms with van der Waals surface area (Å²) < 4.78 is 37.3. The summed E-state index contributed by atoms with van der Waals surface area (Å²) in [6, 6.07) is 5.14. The molecule has 0 aliphatic carbocycles. The van der Waals surface area contributed by atoms with Crippen molar-refractivity contribution in [3.63, 3.8) is 0 Å². The van der Waals surface area contributed by atoms with Crippen LogP contribution < -0.4 is 9.44 Å². The van der Waals surface area contributed by atoms with Gasteiger partial charge >= 0.3 is 11.9 Å². The second kappa shape index (κ2) is 6.80. The number of esters is 2. The van der Waals surface area contributed by atoms with Gasteiger partial charge in [0.2, 0.25) is 0 Å². The summed E-state index contributed by atoms with van der Waals surface area (Å²) in [5, 5.41) is 0. The zero-order chi connectivity index (χ0) is 17.0. The Morgan fingerprint density at radius 1 is 1.17 bits per heavy atom. The van der Waals surface area contributed by atoms with Gasteiger partial charge in [0.15, 0.2) is 0 Å². The summed E-state index contributed by atoms with van der Waals surface area (Å²) in [7, 11) is -2.51. The number of nitrogens with one attached hydrogen (secondary N) is 2. The molecule has 0 aromatic heterocycles. The maximum absolute atomic E-state index is 12.0. The van der Waals surface area contributed by atoms with Crippen LogP contribution in [-0.4, -0.2) is 34.1 Å². The Labute approximate surface area is 133 Å². The van der Waals surface area contributed by atoms with Crippen LogP contribution in [-0.2, 0) is 24.5 Å². The highest BCUT2D eigenvalue weighted by Gasteiger charge is 2.32. The second-order valence-electron chi connectivity index (χ2n) is 4.61. The third-order valence-corrected chi connectivity index (χ3v) is 4.10. The minimum absolute atomic E-state index is 0.118. The lowest BCUT2D eigenvalue weighted by Gasteiger charge is -2.25. The van der Waals surface area contributed by atoms with Crippen LogP contribution in [0.25, 0.3) is 0 Å². The maximum Gasteiger partial charge on any atom is 0.337 e. The summed E-state index contributed by atoms with van der Waals surface area (Å²) in [6.45, 7) is 1.82. The average Bonchev–Trinajstić information content (AvgIpc) is 2.53. The van der Waals surface area contributed by atoms with E-state index in [0.717, 1.165) is 6.20 Å². The summed E-state index contributed by atoms with van der Waals surface area (Å²) in [4.78, 5) is 23.4. The number of carbonyl (C=O) groups is 2. The van der Waals surface area contributed by atoms with E-state index in [0.29, 0.717) is 11.1 Å². The van der Waals surface area contributed by atoms with Gasteiger partial charge in [-0.05, 0) is 24.6 Å². The van der Waals surface area contributed by atoms with Gasteiger partial charge in [0.25, 0.3) is 10.2 Å². The monoisotopic (exact) mass is 340 g/mol. The SMILES string of the molecule is CCOC(=O)C1=CNS(=O)(=O)NC1c1ccc(C(=O)OC)cc1. The molecule has 0 saturated carbocycles. The van der Waals surface area contributed by atoms with Crippen LogP contribution in [0.3, 0.4) is 0 Å². The van der Waals surface area contributed by atoms with E-state index in [1.165, 1.54) is 31.4 Å². The Balaban J connectivity index is 2.36. The van der Waals surface area contributed by atoms with Crippen LogP contribution in [0.4, 0.5) is 0 Å². The van der Waals surface area contributed by atoms with Crippen LogP contribution in [0.2, 0.25) is 0 Å². The van der Waals surface area contributed by atoms with Crippen molar-refractivity contribution < 1.29 is 27.5 Å². The summed E-state index contributed by atoms with van der Waals surface area (Å²) in [5.41, 5.74) is 0.921. The van der Waals surface area contributed by atoms with Crippen molar-refractivity contribution in [3.8, 4) is 0 Å². The zero-order valence-corrected chi connectivity index (χ0v) is 13.3. The predicted octanol–water partition coefficient (Wildman–Crippen LogP) is 0.399. The van der Waals surface area contributed by atoms with E-state index in [9.17, 15) is 18.0 Å². The lowest BCUT2D eigenvalue weighted by molar-refractivity contribution is -0.138. The standard InChI is InChI=1S/C14H16N2O6S/c1-3-22-14(18)11-8-15-23(19,20)16-12(11)9-4-6-10(7-5-9)13(17)21-2/h4-8,12,15-16H,3H2,1-2H3. The van der Waals surface area contributed by atoms with Gasteiger partial charge in [-0.1, -0.05) is 12.1 Å². The molecule has 0 spiro atoms. The summed E-state index contributed by atoms with van der Waals surface area (Å²) >= 11 is 0. The van der Waals surface area contributed by atoms with Crippen molar-refractivity contribution >= 4 is 22.1 Å². The minimum Gasteiger partial charge on any atom is -0.465 e. The number of methoxy groups -OCH3 is 1. The van der Waals surface area contributed by atoms with Gasteiger partial charge in [-0.2, -0.15) is 13.1 Å². The molecule has 2 N–H and O–H groups in total. The Hall–Kier alpha value is -2.39. The van der Waals surface area contributed by atoms with Crippen molar-refractivity contribution in [2.24, 2.45) is 0 Å². The quantitative estimate of drug-likeness (QED) is 0.768. The van der Waals surface area contributed by atoms with Crippen LogP contribution in [0.5, 0.6) is 0 Å². The fourth-order valence-electron chi connectivity index (χ4n) is 2.05. The van der Waals surface area contributed by atoms with Gasteiger partial charge in [-0.15, -0.1) is 0 Å². The first-order valence-corrected chi connectivity index (χ1v) is 8.21. The molecule has 1 unspecified atom stereocenters. The molecule has 1 aliphatic heterocycles. The molecular formula is C14H16N2O6S. The molecule has 8 nitrogen and oxygen atoms in total. The lowest BCUT2D eigenvalue weighted by atomic mass is 9.99. The number of benzene rings is 1. The van der Waals surface area contributed by atoms with E-state index >= 15 is 0 Å². The highest BCUT2D eigenvalue weighted by Crippen LogP contribution is 2.26. The molecule has 0 radical (unpaired) electrons. The van der Waals surface area contributed by atoms with E-state index in [4.69, 9.17) is 4.74 Å². The van der Waals surface area contributed by atoms with E-state index in [1.807, 2.05) is 0 Å².